The highest BCUT2D eigenvalue weighted by molar-refractivity contribution is 5.96. The average molecular weight is 315 g/mol. The van der Waals surface area contributed by atoms with Crippen molar-refractivity contribution in [3.05, 3.63) is 29.8 Å². The summed E-state index contributed by atoms with van der Waals surface area (Å²) in [6.45, 7) is 1.63. The van der Waals surface area contributed by atoms with Crippen LogP contribution in [0.2, 0.25) is 0 Å². The Hall–Kier alpha value is -1.88. The largest absolute Gasteiger partial charge is 0.341 e. The molecular weight excluding hydrogens is 290 g/mol. The summed E-state index contributed by atoms with van der Waals surface area (Å²) in [5.74, 6) is 0.124. The lowest BCUT2D eigenvalue weighted by Gasteiger charge is -2.33. The number of carbonyl (C=O) groups is 2. The first kappa shape index (κ1) is 16.0. The van der Waals surface area contributed by atoms with Crippen molar-refractivity contribution >= 4 is 17.5 Å². The normalized spacial score (nSPS) is 24.0. The second kappa shape index (κ2) is 7.13. The molecule has 2 amide bonds. The number of likely N-dealkylation sites (tertiary alicyclic amines) is 1. The fourth-order valence-corrected chi connectivity index (χ4v) is 3.54. The SMILES string of the molecule is CNC1CCCN(C(=O)CCC2Cc3ccccc3NC2=O)C1. The summed E-state index contributed by atoms with van der Waals surface area (Å²) in [7, 11) is 1.95. The molecule has 2 aliphatic heterocycles. The molecule has 2 unspecified atom stereocenters. The molecule has 2 aliphatic rings. The van der Waals surface area contributed by atoms with Crippen LogP contribution in [0.1, 0.15) is 31.2 Å². The molecule has 124 valence electrons. The summed E-state index contributed by atoms with van der Waals surface area (Å²) in [6, 6.07) is 8.30. The highest BCUT2D eigenvalue weighted by Gasteiger charge is 2.28. The van der Waals surface area contributed by atoms with E-state index in [4.69, 9.17) is 0 Å². The number of carbonyl (C=O) groups excluding carboxylic acids is 2. The number of fused-ring (bicyclic) bond motifs is 1. The molecule has 2 N–H and O–H groups in total. The van der Waals surface area contributed by atoms with Gasteiger partial charge in [-0.3, -0.25) is 9.59 Å². The van der Waals surface area contributed by atoms with Crippen LogP contribution in [0, 0.1) is 5.92 Å². The van der Waals surface area contributed by atoms with Crippen molar-refractivity contribution in [2.24, 2.45) is 5.92 Å². The molecule has 3 rings (SSSR count). The number of amides is 2. The number of likely N-dealkylation sites (N-methyl/N-ethyl adjacent to an activating group) is 1. The maximum absolute atomic E-state index is 12.4. The van der Waals surface area contributed by atoms with Crippen molar-refractivity contribution < 1.29 is 9.59 Å². The Morgan fingerprint density at radius 2 is 2.22 bits per heavy atom. The Labute approximate surface area is 137 Å². The molecule has 1 aromatic rings. The number of hydrogen-bond acceptors (Lipinski definition) is 3. The van der Waals surface area contributed by atoms with E-state index in [9.17, 15) is 9.59 Å². The van der Waals surface area contributed by atoms with Crippen LogP contribution in [-0.2, 0) is 16.0 Å². The Balaban J connectivity index is 1.54. The van der Waals surface area contributed by atoms with E-state index in [1.165, 1.54) is 0 Å². The van der Waals surface area contributed by atoms with Crippen molar-refractivity contribution in [3.8, 4) is 0 Å². The van der Waals surface area contributed by atoms with Crippen molar-refractivity contribution in [1.82, 2.24) is 10.2 Å². The van der Waals surface area contributed by atoms with Gasteiger partial charge in [0.2, 0.25) is 11.8 Å². The van der Waals surface area contributed by atoms with E-state index in [1.807, 2.05) is 36.2 Å². The second-order valence-corrected chi connectivity index (χ2v) is 6.55. The van der Waals surface area contributed by atoms with Gasteiger partial charge in [0.1, 0.15) is 0 Å². The number of piperidine rings is 1. The Morgan fingerprint density at radius 3 is 3.04 bits per heavy atom. The Bertz CT molecular complexity index is 587. The lowest BCUT2D eigenvalue weighted by molar-refractivity contribution is -0.133. The minimum absolute atomic E-state index is 0.0447. The van der Waals surface area contributed by atoms with Crippen molar-refractivity contribution in [3.63, 3.8) is 0 Å². The fourth-order valence-electron chi connectivity index (χ4n) is 3.54. The first-order chi connectivity index (χ1) is 11.2. The topological polar surface area (TPSA) is 61.4 Å². The van der Waals surface area contributed by atoms with Gasteiger partial charge in [0, 0.05) is 37.2 Å². The predicted molar refractivity (Wildman–Crippen MR) is 90.2 cm³/mol. The van der Waals surface area contributed by atoms with Crippen LogP contribution in [0.25, 0.3) is 0 Å². The number of nitrogens with one attached hydrogen (secondary N) is 2. The van der Waals surface area contributed by atoms with E-state index < -0.39 is 0 Å². The van der Waals surface area contributed by atoms with E-state index in [0.29, 0.717) is 18.9 Å². The summed E-state index contributed by atoms with van der Waals surface area (Å²) in [6.07, 6.45) is 3.99. The van der Waals surface area contributed by atoms with Crippen LogP contribution in [0.15, 0.2) is 24.3 Å². The number of nitrogens with zero attached hydrogens (tertiary/aromatic N) is 1. The van der Waals surface area contributed by atoms with Gasteiger partial charge in [-0.2, -0.15) is 0 Å². The summed E-state index contributed by atoms with van der Waals surface area (Å²) in [5, 5.41) is 6.21. The van der Waals surface area contributed by atoms with E-state index in [0.717, 1.165) is 43.6 Å². The smallest absolute Gasteiger partial charge is 0.227 e. The summed E-state index contributed by atoms with van der Waals surface area (Å²) >= 11 is 0. The average Bonchev–Trinajstić information content (AvgIpc) is 2.59. The maximum atomic E-state index is 12.4. The van der Waals surface area contributed by atoms with Crippen LogP contribution < -0.4 is 10.6 Å². The highest BCUT2D eigenvalue weighted by Crippen LogP contribution is 2.27. The molecule has 0 radical (unpaired) electrons. The van der Waals surface area contributed by atoms with Gasteiger partial charge in [-0.1, -0.05) is 18.2 Å². The van der Waals surface area contributed by atoms with Gasteiger partial charge in [0.15, 0.2) is 0 Å². The lowest BCUT2D eigenvalue weighted by Crippen LogP contribution is -2.47. The number of benzene rings is 1. The molecule has 0 bridgehead atoms. The van der Waals surface area contributed by atoms with Crippen molar-refractivity contribution in [2.75, 3.05) is 25.5 Å². The summed E-state index contributed by atoms with van der Waals surface area (Å²) in [4.78, 5) is 26.6. The van der Waals surface area contributed by atoms with E-state index >= 15 is 0 Å². The van der Waals surface area contributed by atoms with Gasteiger partial charge < -0.3 is 15.5 Å². The Morgan fingerprint density at radius 1 is 1.39 bits per heavy atom. The standard InChI is InChI=1S/C18H25N3O2/c1-19-15-6-4-10-21(12-15)17(22)9-8-14-11-13-5-2-3-7-16(13)20-18(14)23/h2-3,5,7,14-15,19H,4,6,8-12H2,1H3,(H,20,23). The Kier molecular flexibility index (Phi) is 4.96. The quantitative estimate of drug-likeness (QED) is 0.890. The third-order valence-electron chi connectivity index (χ3n) is 5.00. The third-order valence-corrected chi connectivity index (χ3v) is 5.00. The molecule has 0 spiro atoms. The summed E-state index contributed by atoms with van der Waals surface area (Å²) in [5.41, 5.74) is 2.07. The van der Waals surface area contributed by atoms with Gasteiger partial charge in [0.05, 0.1) is 0 Å². The molecular formula is C18H25N3O2. The van der Waals surface area contributed by atoms with Crippen LogP contribution in [0.5, 0.6) is 0 Å². The molecule has 2 heterocycles. The monoisotopic (exact) mass is 315 g/mol. The first-order valence-electron chi connectivity index (χ1n) is 8.51. The molecule has 5 nitrogen and oxygen atoms in total. The molecule has 0 aromatic heterocycles. The number of anilines is 1. The third kappa shape index (κ3) is 3.72. The van der Waals surface area contributed by atoms with Gasteiger partial charge in [0.25, 0.3) is 0 Å². The molecule has 23 heavy (non-hydrogen) atoms. The molecule has 2 atom stereocenters. The zero-order valence-corrected chi connectivity index (χ0v) is 13.7. The number of para-hydroxylation sites is 1. The molecule has 0 saturated carbocycles. The fraction of sp³-hybridized carbons (Fsp3) is 0.556. The predicted octanol–water partition coefficient (Wildman–Crippen LogP) is 1.79. The van der Waals surface area contributed by atoms with Crippen molar-refractivity contribution in [2.45, 2.75) is 38.1 Å². The van der Waals surface area contributed by atoms with Gasteiger partial charge >= 0.3 is 0 Å². The minimum atomic E-state index is -0.0984. The summed E-state index contributed by atoms with van der Waals surface area (Å²) < 4.78 is 0. The van der Waals surface area contributed by atoms with Crippen LogP contribution >= 0.6 is 0 Å². The number of rotatable bonds is 4. The minimum Gasteiger partial charge on any atom is -0.341 e. The van der Waals surface area contributed by atoms with Gasteiger partial charge in [-0.15, -0.1) is 0 Å². The van der Waals surface area contributed by atoms with Crippen LogP contribution in [0.3, 0.4) is 0 Å². The molecule has 5 heteroatoms. The van der Waals surface area contributed by atoms with Crippen LogP contribution in [0.4, 0.5) is 5.69 Å². The maximum Gasteiger partial charge on any atom is 0.227 e. The van der Waals surface area contributed by atoms with E-state index in [1.54, 1.807) is 0 Å². The number of hydrogen-bond donors (Lipinski definition) is 2. The van der Waals surface area contributed by atoms with E-state index in [-0.39, 0.29) is 17.7 Å². The highest BCUT2D eigenvalue weighted by atomic mass is 16.2. The second-order valence-electron chi connectivity index (χ2n) is 6.55. The lowest BCUT2D eigenvalue weighted by atomic mass is 9.89. The molecule has 1 fully saturated rings. The van der Waals surface area contributed by atoms with Gasteiger partial charge in [-0.25, -0.2) is 0 Å². The zero-order valence-electron chi connectivity index (χ0n) is 13.7. The molecule has 0 aliphatic carbocycles. The molecule has 1 saturated heterocycles. The van der Waals surface area contributed by atoms with E-state index in [2.05, 4.69) is 10.6 Å². The van der Waals surface area contributed by atoms with Gasteiger partial charge in [-0.05, 0) is 44.4 Å². The van der Waals surface area contributed by atoms with Crippen LogP contribution in [-0.4, -0.2) is 42.9 Å². The molecule has 1 aromatic carbocycles. The zero-order chi connectivity index (χ0) is 16.2. The van der Waals surface area contributed by atoms with Crippen molar-refractivity contribution in [1.29, 1.82) is 0 Å². The first-order valence-corrected chi connectivity index (χ1v) is 8.51.